The van der Waals surface area contributed by atoms with Crippen molar-refractivity contribution in [1.29, 1.82) is 5.26 Å². The number of benzene rings is 1. The third kappa shape index (κ3) is 3.08. The fourth-order valence-electron chi connectivity index (χ4n) is 1.33. The molecule has 0 aliphatic heterocycles. The number of nitriles is 1. The van der Waals surface area contributed by atoms with Gasteiger partial charge in [-0.1, -0.05) is 0 Å². The van der Waals surface area contributed by atoms with Crippen molar-refractivity contribution in [3.8, 4) is 11.8 Å². The molecule has 18 heavy (non-hydrogen) atoms. The summed E-state index contributed by atoms with van der Waals surface area (Å²) in [5.74, 6) is -1.37. The molecule has 0 spiro atoms. The van der Waals surface area contributed by atoms with Crippen LogP contribution in [0.4, 0.5) is 8.78 Å². The first kappa shape index (κ1) is 14.2. The zero-order valence-electron chi connectivity index (χ0n) is 9.25. The number of carbonyl (C=O) groups is 1. The normalized spacial score (nSPS) is 10.0. The summed E-state index contributed by atoms with van der Waals surface area (Å²) in [6, 6.07) is 4.19. The Labute approximate surface area is 107 Å². The van der Waals surface area contributed by atoms with Crippen molar-refractivity contribution in [2.75, 3.05) is 7.11 Å². The van der Waals surface area contributed by atoms with E-state index in [1.807, 2.05) is 0 Å². The summed E-state index contributed by atoms with van der Waals surface area (Å²) in [4.78, 5) is 11.5. The fourth-order valence-corrected chi connectivity index (χ4v) is 1.48. The predicted octanol–water partition coefficient (Wildman–Crippen LogP) is 2.69. The summed E-state index contributed by atoms with van der Waals surface area (Å²) >= 11 is 5.58. The Balaban J connectivity index is 3.43. The lowest BCUT2D eigenvalue weighted by molar-refractivity contribution is -0.0506. The van der Waals surface area contributed by atoms with Crippen LogP contribution < -0.4 is 4.74 Å². The maximum Gasteiger partial charge on any atom is 0.387 e. The summed E-state index contributed by atoms with van der Waals surface area (Å²) in [5.41, 5.74) is -0.0309. The monoisotopic (exact) mass is 275 g/mol. The van der Waals surface area contributed by atoms with Crippen LogP contribution in [0.1, 0.15) is 21.5 Å². The quantitative estimate of drug-likeness (QED) is 0.626. The number of esters is 1. The summed E-state index contributed by atoms with van der Waals surface area (Å²) < 4.78 is 33.1. The zero-order chi connectivity index (χ0) is 13.7. The molecule has 0 unspecified atom stereocenters. The Kier molecular flexibility index (Phi) is 4.86. The van der Waals surface area contributed by atoms with Gasteiger partial charge in [-0.3, -0.25) is 0 Å². The van der Waals surface area contributed by atoms with Crippen LogP contribution in [0.25, 0.3) is 0 Å². The fraction of sp³-hybridized carbons (Fsp3) is 0.273. The van der Waals surface area contributed by atoms with Crippen molar-refractivity contribution in [2.24, 2.45) is 0 Å². The molecule has 1 aromatic carbocycles. The summed E-state index contributed by atoms with van der Waals surface area (Å²) in [6.07, 6.45) is 0. The molecule has 0 saturated carbocycles. The number of hydrogen-bond donors (Lipinski definition) is 0. The first-order chi connectivity index (χ1) is 8.53. The largest absolute Gasteiger partial charge is 0.465 e. The van der Waals surface area contributed by atoms with Gasteiger partial charge >= 0.3 is 12.6 Å². The number of hydrogen-bond acceptors (Lipinski definition) is 4. The van der Waals surface area contributed by atoms with E-state index in [1.165, 1.54) is 12.1 Å². The van der Waals surface area contributed by atoms with Crippen LogP contribution in [0, 0.1) is 11.3 Å². The number of carbonyl (C=O) groups excluding carboxylic acids is 1. The molecule has 0 N–H and O–H groups in total. The highest BCUT2D eigenvalue weighted by molar-refractivity contribution is 6.17. The topological polar surface area (TPSA) is 59.3 Å². The van der Waals surface area contributed by atoms with E-state index in [1.54, 1.807) is 6.07 Å². The van der Waals surface area contributed by atoms with Gasteiger partial charge < -0.3 is 9.47 Å². The Morgan fingerprint density at radius 2 is 2.22 bits per heavy atom. The maximum absolute atomic E-state index is 12.3. The second kappa shape index (κ2) is 6.17. The molecular formula is C11H8ClF2NO3. The highest BCUT2D eigenvalue weighted by Crippen LogP contribution is 2.28. The number of alkyl halides is 3. The average molecular weight is 276 g/mol. The third-order valence-corrected chi connectivity index (χ3v) is 2.34. The van der Waals surface area contributed by atoms with Crippen LogP contribution in [0.5, 0.6) is 5.75 Å². The van der Waals surface area contributed by atoms with Gasteiger partial charge in [-0.25, -0.2) is 4.79 Å². The van der Waals surface area contributed by atoms with E-state index >= 15 is 0 Å². The van der Waals surface area contributed by atoms with Crippen molar-refractivity contribution in [2.45, 2.75) is 12.5 Å². The Morgan fingerprint density at radius 1 is 1.56 bits per heavy atom. The minimum absolute atomic E-state index is 0.0215. The lowest BCUT2D eigenvalue weighted by Gasteiger charge is -2.12. The van der Waals surface area contributed by atoms with E-state index in [-0.39, 0.29) is 17.0 Å². The van der Waals surface area contributed by atoms with Crippen LogP contribution >= 0.6 is 11.6 Å². The molecule has 0 amide bonds. The van der Waals surface area contributed by atoms with Crippen molar-refractivity contribution >= 4 is 17.6 Å². The molecule has 0 aliphatic rings. The van der Waals surface area contributed by atoms with Crippen molar-refractivity contribution in [3.63, 3.8) is 0 Å². The SMILES string of the molecule is COC(=O)c1cc(CCl)cc(C#N)c1OC(F)F. The lowest BCUT2D eigenvalue weighted by atomic mass is 10.1. The van der Waals surface area contributed by atoms with E-state index < -0.39 is 18.3 Å². The van der Waals surface area contributed by atoms with Gasteiger partial charge in [-0.2, -0.15) is 14.0 Å². The Morgan fingerprint density at radius 3 is 2.67 bits per heavy atom. The summed E-state index contributed by atoms with van der Waals surface area (Å²) in [6.45, 7) is -3.15. The van der Waals surface area contributed by atoms with E-state index in [2.05, 4.69) is 9.47 Å². The molecule has 0 bridgehead atoms. The van der Waals surface area contributed by atoms with Crippen molar-refractivity contribution in [3.05, 3.63) is 28.8 Å². The van der Waals surface area contributed by atoms with Gasteiger partial charge in [0.2, 0.25) is 0 Å². The first-order valence-electron chi connectivity index (χ1n) is 4.69. The molecule has 4 nitrogen and oxygen atoms in total. The van der Waals surface area contributed by atoms with Crippen LogP contribution in [0.2, 0.25) is 0 Å². The van der Waals surface area contributed by atoms with Gasteiger partial charge in [-0.15, -0.1) is 11.6 Å². The molecule has 0 heterocycles. The molecule has 0 fully saturated rings. The summed E-state index contributed by atoms with van der Waals surface area (Å²) in [7, 11) is 1.09. The lowest BCUT2D eigenvalue weighted by Crippen LogP contribution is -2.11. The average Bonchev–Trinajstić information content (AvgIpc) is 2.37. The van der Waals surface area contributed by atoms with Gasteiger partial charge in [0.15, 0.2) is 5.75 Å². The molecular weight excluding hydrogens is 268 g/mol. The van der Waals surface area contributed by atoms with Gasteiger partial charge in [0, 0.05) is 5.88 Å². The highest BCUT2D eigenvalue weighted by Gasteiger charge is 2.21. The minimum atomic E-state index is -3.15. The van der Waals surface area contributed by atoms with E-state index in [4.69, 9.17) is 16.9 Å². The first-order valence-corrected chi connectivity index (χ1v) is 5.23. The number of ether oxygens (including phenoxy) is 2. The van der Waals surface area contributed by atoms with Crippen LogP contribution in [0.15, 0.2) is 12.1 Å². The summed E-state index contributed by atoms with van der Waals surface area (Å²) in [5, 5.41) is 8.86. The van der Waals surface area contributed by atoms with Gasteiger partial charge in [0.25, 0.3) is 0 Å². The van der Waals surface area contributed by atoms with E-state index in [9.17, 15) is 13.6 Å². The van der Waals surface area contributed by atoms with Gasteiger partial charge in [0.1, 0.15) is 11.6 Å². The highest BCUT2D eigenvalue weighted by atomic mass is 35.5. The molecule has 0 aromatic heterocycles. The van der Waals surface area contributed by atoms with Crippen LogP contribution in [-0.4, -0.2) is 19.7 Å². The van der Waals surface area contributed by atoms with Crippen molar-refractivity contribution in [1.82, 2.24) is 0 Å². The van der Waals surface area contributed by atoms with E-state index in [0.717, 1.165) is 7.11 Å². The second-order valence-corrected chi connectivity index (χ2v) is 3.40. The zero-order valence-corrected chi connectivity index (χ0v) is 10.0. The molecule has 0 saturated heterocycles. The van der Waals surface area contributed by atoms with Gasteiger partial charge in [-0.05, 0) is 17.7 Å². The molecule has 1 aromatic rings. The molecule has 0 radical (unpaired) electrons. The molecule has 0 aliphatic carbocycles. The van der Waals surface area contributed by atoms with Crippen LogP contribution in [0.3, 0.4) is 0 Å². The number of halogens is 3. The molecule has 7 heteroatoms. The molecule has 96 valence electrons. The Hall–Kier alpha value is -1.87. The third-order valence-electron chi connectivity index (χ3n) is 2.04. The maximum atomic E-state index is 12.3. The van der Waals surface area contributed by atoms with Crippen molar-refractivity contribution < 1.29 is 23.0 Å². The standard InChI is InChI=1S/C11H8ClF2NO3/c1-17-10(16)8-3-6(4-12)2-7(5-15)9(8)18-11(13)14/h2-3,11H,4H2,1H3. The second-order valence-electron chi connectivity index (χ2n) is 3.14. The number of methoxy groups -OCH3 is 1. The van der Waals surface area contributed by atoms with E-state index in [0.29, 0.717) is 5.56 Å². The molecule has 1 rings (SSSR count). The number of rotatable bonds is 4. The number of nitrogens with zero attached hydrogens (tertiary/aromatic N) is 1. The van der Waals surface area contributed by atoms with Crippen LogP contribution in [-0.2, 0) is 10.6 Å². The smallest absolute Gasteiger partial charge is 0.387 e. The Bertz CT molecular complexity index is 500. The molecule has 0 atom stereocenters. The minimum Gasteiger partial charge on any atom is -0.465 e. The van der Waals surface area contributed by atoms with Gasteiger partial charge in [0.05, 0.1) is 12.7 Å². The predicted molar refractivity (Wildman–Crippen MR) is 58.7 cm³/mol.